The van der Waals surface area contributed by atoms with E-state index >= 15 is 0 Å². The monoisotopic (exact) mass is 436 g/mol. The van der Waals surface area contributed by atoms with E-state index in [4.69, 9.17) is 16.3 Å². The summed E-state index contributed by atoms with van der Waals surface area (Å²) < 4.78 is 9.98. The normalized spacial score (nSPS) is 21.0. The predicted molar refractivity (Wildman–Crippen MR) is 116 cm³/mol. The van der Waals surface area contributed by atoms with Crippen LogP contribution in [0.3, 0.4) is 0 Å². The molecule has 1 unspecified atom stereocenters. The predicted octanol–water partition coefficient (Wildman–Crippen LogP) is 4.89. The highest BCUT2D eigenvalue weighted by Crippen LogP contribution is 2.35. The van der Waals surface area contributed by atoms with Gasteiger partial charge >= 0.3 is 5.97 Å². The van der Waals surface area contributed by atoms with E-state index in [2.05, 4.69) is 16.9 Å². The molecule has 1 aromatic carbocycles. The molecule has 3 N–H and O–H groups in total. The van der Waals surface area contributed by atoms with E-state index in [1.54, 1.807) is 12.1 Å². The van der Waals surface area contributed by atoms with Gasteiger partial charge in [0.05, 0.1) is 13.7 Å². The van der Waals surface area contributed by atoms with E-state index in [0.717, 1.165) is 45.0 Å². The third-order valence-electron chi connectivity index (χ3n) is 5.11. The fraction of sp³-hybridized carbons (Fsp3) is 0.435. The number of esters is 1. The number of hydrogen-bond donors (Lipinski definition) is 3. The number of halogens is 1. The molecule has 0 amide bonds. The van der Waals surface area contributed by atoms with Crippen LogP contribution in [0.5, 0.6) is 5.75 Å². The Labute approximate surface area is 182 Å². The first-order valence-electron chi connectivity index (χ1n) is 10.0. The minimum Gasteiger partial charge on any atom is -0.506 e. The fourth-order valence-electron chi connectivity index (χ4n) is 3.50. The van der Waals surface area contributed by atoms with E-state index in [1.807, 2.05) is 18.2 Å². The van der Waals surface area contributed by atoms with Crippen LogP contribution in [0.15, 0.2) is 60.1 Å². The summed E-state index contributed by atoms with van der Waals surface area (Å²) >= 11 is 5.94. The van der Waals surface area contributed by atoms with Crippen molar-refractivity contribution in [3.63, 3.8) is 0 Å². The first kappa shape index (κ1) is 23.8. The van der Waals surface area contributed by atoms with Crippen LogP contribution in [-0.2, 0) is 9.53 Å². The topological polar surface area (TPSA) is 96.2 Å². The zero-order valence-electron chi connectivity index (χ0n) is 17.0. The van der Waals surface area contributed by atoms with E-state index in [1.165, 1.54) is 6.08 Å². The number of benzene rings is 1. The van der Waals surface area contributed by atoms with Crippen LogP contribution in [-0.4, -0.2) is 41.1 Å². The first-order chi connectivity index (χ1) is 14.4. The average molecular weight is 437 g/mol. The van der Waals surface area contributed by atoms with Crippen LogP contribution >= 0.6 is 11.6 Å². The van der Waals surface area contributed by atoms with Gasteiger partial charge in [-0.1, -0.05) is 48.4 Å². The average Bonchev–Trinajstić information content (AvgIpc) is 3.19. The summed E-state index contributed by atoms with van der Waals surface area (Å²) in [5.74, 6) is -1.25. The van der Waals surface area contributed by atoms with Crippen molar-refractivity contribution in [3.05, 3.63) is 65.1 Å². The van der Waals surface area contributed by atoms with Gasteiger partial charge in [-0.05, 0) is 55.7 Å². The van der Waals surface area contributed by atoms with Gasteiger partial charge in [0, 0.05) is 5.02 Å². The van der Waals surface area contributed by atoms with Crippen molar-refractivity contribution in [3.8, 4) is 5.75 Å². The van der Waals surface area contributed by atoms with Crippen molar-refractivity contribution in [2.75, 3.05) is 13.7 Å². The van der Waals surface area contributed by atoms with Gasteiger partial charge in [-0.25, -0.2) is 4.79 Å². The van der Waals surface area contributed by atoms with Gasteiger partial charge in [0.1, 0.15) is 11.9 Å². The summed E-state index contributed by atoms with van der Waals surface area (Å²) in [4.78, 5) is 11.2. The van der Waals surface area contributed by atoms with Crippen LogP contribution < -0.4 is 4.74 Å². The Balaban J connectivity index is 1.77. The molecule has 1 saturated carbocycles. The van der Waals surface area contributed by atoms with E-state index in [0.29, 0.717) is 23.5 Å². The van der Waals surface area contributed by atoms with Gasteiger partial charge in [0.15, 0.2) is 5.76 Å². The summed E-state index contributed by atoms with van der Waals surface area (Å²) in [5, 5.41) is 29.7. The van der Waals surface area contributed by atoms with Crippen LogP contribution in [0.2, 0.25) is 5.02 Å². The lowest BCUT2D eigenvalue weighted by Crippen LogP contribution is -2.15. The number of hydrogen-bond acceptors (Lipinski definition) is 6. The summed E-state index contributed by atoms with van der Waals surface area (Å²) in [6, 6.07) is 7.33. The molecular formula is C23H29ClO6. The molecule has 0 bridgehead atoms. The Morgan fingerprint density at radius 2 is 2.10 bits per heavy atom. The number of methoxy groups -OCH3 is 1. The summed E-state index contributed by atoms with van der Waals surface area (Å²) in [6.45, 7) is 0.579. The van der Waals surface area contributed by atoms with Gasteiger partial charge in [-0.15, -0.1) is 0 Å². The van der Waals surface area contributed by atoms with E-state index in [9.17, 15) is 20.1 Å². The second kappa shape index (κ2) is 12.3. The molecular weight excluding hydrogens is 408 g/mol. The minimum absolute atomic E-state index is 0.443. The van der Waals surface area contributed by atoms with Gasteiger partial charge in [0.2, 0.25) is 5.76 Å². The van der Waals surface area contributed by atoms with Crippen molar-refractivity contribution < 1.29 is 29.6 Å². The highest BCUT2D eigenvalue weighted by molar-refractivity contribution is 6.30. The number of aliphatic hydroxyl groups excluding tert-OH is 3. The molecule has 0 spiro atoms. The molecule has 0 saturated heterocycles. The molecule has 6 nitrogen and oxygen atoms in total. The lowest BCUT2D eigenvalue weighted by molar-refractivity contribution is -0.139. The molecule has 0 heterocycles. The molecule has 2 rings (SSSR count). The molecule has 30 heavy (non-hydrogen) atoms. The zero-order chi connectivity index (χ0) is 21.9. The zero-order valence-corrected chi connectivity index (χ0v) is 17.8. The number of carbonyl (C=O) groups is 1. The molecule has 0 aliphatic heterocycles. The maximum atomic E-state index is 11.2. The lowest BCUT2D eigenvalue weighted by atomic mass is 9.92. The van der Waals surface area contributed by atoms with Crippen LogP contribution in [0.4, 0.5) is 0 Å². The number of allylic oxidation sites excluding steroid dienone is 2. The molecule has 1 aromatic rings. The summed E-state index contributed by atoms with van der Waals surface area (Å²) in [6.07, 6.45) is 10.9. The van der Waals surface area contributed by atoms with E-state index in [-0.39, 0.29) is 0 Å². The fourth-order valence-corrected chi connectivity index (χ4v) is 3.68. The molecule has 7 heteroatoms. The van der Waals surface area contributed by atoms with Gasteiger partial charge in [-0.3, -0.25) is 0 Å². The third kappa shape index (κ3) is 7.43. The van der Waals surface area contributed by atoms with Crippen molar-refractivity contribution in [1.82, 2.24) is 0 Å². The van der Waals surface area contributed by atoms with Crippen LogP contribution in [0, 0.1) is 11.8 Å². The van der Waals surface area contributed by atoms with Crippen molar-refractivity contribution >= 4 is 17.6 Å². The molecule has 0 aromatic heterocycles. The third-order valence-corrected chi connectivity index (χ3v) is 5.34. The molecule has 1 fully saturated rings. The molecule has 164 valence electrons. The number of ether oxygens (including phenoxy) is 2. The quantitative estimate of drug-likeness (QED) is 0.159. The maximum Gasteiger partial charge on any atom is 0.376 e. The Hall–Kier alpha value is -2.44. The Morgan fingerprint density at radius 1 is 1.30 bits per heavy atom. The maximum absolute atomic E-state index is 11.2. The summed E-state index contributed by atoms with van der Waals surface area (Å²) in [5.41, 5.74) is 0. The summed E-state index contributed by atoms with van der Waals surface area (Å²) in [7, 11) is 1.07. The van der Waals surface area contributed by atoms with Gasteiger partial charge < -0.3 is 24.8 Å². The lowest BCUT2D eigenvalue weighted by Gasteiger charge is -2.14. The smallest absolute Gasteiger partial charge is 0.376 e. The number of rotatable bonds is 10. The highest BCUT2D eigenvalue weighted by Gasteiger charge is 2.24. The van der Waals surface area contributed by atoms with Crippen molar-refractivity contribution in [2.45, 2.75) is 38.2 Å². The molecule has 1 aliphatic rings. The second-order valence-corrected chi connectivity index (χ2v) is 7.65. The largest absolute Gasteiger partial charge is 0.506 e. The second-order valence-electron chi connectivity index (χ2n) is 7.21. The van der Waals surface area contributed by atoms with E-state index < -0.39 is 23.6 Å². The minimum atomic E-state index is -1.46. The Kier molecular flexibility index (Phi) is 9.77. The van der Waals surface area contributed by atoms with Crippen LogP contribution in [0.25, 0.3) is 0 Å². The number of aliphatic hydroxyl groups is 3. The molecule has 1 aliphatic carbocycles. The molecule has 0 radical (unpaired) electrons. The SMILES string of the molecule is COC(=O)/C(O)=C(\O)C(O)/C=C\C[C@H]1CCC[C@@H]1/C=C/CCOc1cccc(Cl)c1. The van der Waals surface area contributed by atoms with Gasteiger partial charge in [0.25, 0.3) is 0 Å². The van der Waals surface area contributed by atoms with Crippen LogP contribution in [0.1, 0.15) is 32.1 Å². The standard InChI is InChI=1S/C23H29ClO6/c1-29-23(28)22(27)21(26)20(25)13-5-10-17-9-4-8-16(17)7-2-3-14-30-19-12-6-11-18(24)15-19/h2,5-7,11-13,15-17,20,25-27H,3-4,8-10,14H2,1H3/b7-2+,13-5-,22-21+/t16-,17+,20?/m0/s1. The molecule has 3 atom stereocenters. The highest BCUT2D eigenvalue weighted by atomic mass is 35.5. The van der Waals surface area contributed by atoms with Gasteiger partial charge in [-0.2, -0.15) is 0 Å². The van der Waals surface area contributed by atoms with Crippen molar-refractivity contribution in [1.29, 1.82) is 0 Å². The van der Waals surface area contributed by atoms with Crippen molar-refractivity contribution in [2.24, 2.45) is 11.8 Å². The number of carbonyl (C=O) groups excluding carboxylic acids is 1. The Bertz CT molecular complexity index is 786. The Morgan fingerprint density at radius 3 is 2.83 bits per heavy atom. The first-order valence-corrected chi connectivity index (χ1v) is 10.4.